The largest absolute Gasteiger partial charge is 0.381 e. The number of nitrogens with one attached hydrogen (secondary N) is 2. The second-order valence-corrected chi connectivity index (χ2v) is 5.24. The molecule has 0 fully saturated rings. The van der Waals surface area contributed by atoms with Crippen molar-refractivity contribution < 1.29 is 4.39 Å². The standard InChI is InChI=1S/C15H21FN4/c1-10(2)20(4)15-6-5-13(7-14(15)16)17-8-12-9-18-19-11(12)3/h5-7,9-10,17H,8H2,1-4H3,(H,18,19). The number of aromatic amines is 1. The molecule has 0 amide bonds. The topological polar surface area (TPSA) is 44.0 Å². The first-order chi connectivity index (χ1) is 9.49. The number of hydrogen-bond donors (Lipinski definition) is 2. The average molecular weight is 276 g/mol. The van der Waals surface area contributed by atoms with Crippen molar-refractivity contribution >= 4 is 11.4 Å². The molecule has 0 radical (unpaired) electrons. The number of benzene rings is 1. The van der Waals surface area contributed by atoms with E-state index in [1.54, 1.807) is 12.3 Å². The second kappa shape index (κ2) is 5.94. The molecule has 0 aliphatic rings. The summed E-state index contributed by atoms with van der Waals surface area (Å²) in [6, 6.07) is 5.49. The van der Waals surface area contributed by atoms with Crippen molar-refractivity contribution in [3.63, 3.8) is 0 Å². The van der Waals surface area contributed by atoms with E-state index in [1.807, 2.05) is 38.8 Å². The van der Waals surface area contributed by atoms with Crippen molar-refractivity contribution in [2.45, 2.75) is 33.4 Å². The third-order valence-corrected chi connectivity index (χ3v) is 3.52. The number of rotatable bonds is 5. The van der Waals surface area contributed by atoms with E-state index < -0.39 is 0 Å². The number of anilines is 2. The van der Waals surface area contributed by atoms with Crippen molar-refractivity contribution in [2.24, 2.45) is 0 Å². The van der Waals surface area contributed by atoms with Crippen LogP contribution in [0.5, 0.6) is 0 Å². The van der Waals surface area contributed by atoms with Gasteiger partial charge in [0, 0.05) is 36.6 Å². The van der Waals surface area contributed by atoms with Crippen LogP contribution < -0.4 is 10.2 Å². The fourth-order valence-corrected chi connectivity index (χ4v) is 1.93. The summed E-state index contributed by atoms with van der Waals surface area (Å²) in [5.41, 5.74) is 3.48. The maximum absolute atomic E-state index is 14.1. The maximum Gasteiger partial charge on any atom is 0.148 e. The summed E-state index contributed by atoms with van der Waals surface area (Å²) in [6.07, 6.45) is 1.78. The molecule has 4 nitrogen and oxygen atoms in total. The molecule has 1 heterocycles. The Bertz CT molecular complexity index is 577. The van der Waals surface area contributed by atoms with Crippen LogP contribution in [0, 0.1) is 12.7 Å². The van der Waals surface area contributed by atoms with Gasteiger partial charge in [-0.25, -0.2) is 4.39 Å². The molecule has 1 aromatic carbocycles. The Morgan fingerprint density at radius 1 is 1.40 bits per heavy atom. The van der Waals surface area contributed by atoms with E-state index in [0.717, 1.165) is 16.9 Å². The van der Waals surface area contributed by atoms with Crippen LogP contribution in [-0.4, -0.2) is 23.3 Å². The van der Waals surface area contributed by atoms with Gasteiger partial charge in [0.1, 0.15) is 5.82 Å². The molecular formula is C15H21FN4. The summed E-state index contributed by atoms with van der Waals surface area (Å²) in [5, 5.41) is 10.1. The van der Waals surface area contributed by atoms with Crippen molar-refractivity contribution in [2.75, 3.05) is 17.3 Å². The van der Waals surface area contributed by atoms with Gasteiger partial charge in [-0.2, -0.15) is 5.10 Å². The van der Waals surface area contributed by atoms with Gasteiger partial charge in [-0.1, -0.05) is 0 Å². The molecule has 0 saturated carbocycles. The molecule has 2 aromatic rings. The summed E-state index contributed by atoms with van der Waals surface area (Å²) in [7, 11) is 1.89. The highest BCUT2D eigenvalue weighted by molar-refractivity contribution is 5.56. The van der Waals surface area contributed by atoms with E-state index >= 15 is 0 Å². The fourth-order valence-electron chi connectivity index (χ4n) is 1.93. The Balaban J connectivity index is 2.07. The van der Waals surface area contributed by atoms with Gasteiger partial charge < -0.3 is 10.2 Å². The zero-order chi connectivity index (χ0) is 14.7. The van der Waals surface area contributed by atoms with Crippen LogP contribution >= 0.6 is 0 Å². The molecule has 0 unspecified atom stereocenters. The number of hydrogen-bond acceptors (Lipinski definition) is 3. The van der Waals surface area contributed by atoms with Gasteiger partial charge in [-0.15, -0.1) is 0 Å². The van der Waals surface area contributed by atoms with E-state index in [2.05, 4.69) is 15.5 Å². The lowest BCUT2D eigenvalue weighted by Crippen LogP contribution is -2.26. The third kappa shape index (κ3) is 3.10. The third-order valence-electron chi connectivity index (χ3n) is 3.52. The highest BCUT2D eigenvalue weighted by Crippen LogP contribution is 2.23. The zero-order valence-electron chi connectivity index (χ0n) is 12.4. The molecule has 0 saturated heterocycles. The SMILES string of the molecule is Cc1[nH]ncc1CNc1ccc(N(C)C(C)C)c(F)c1. The van der Waals surface area contributed by atoms with Gasteiger partial charge >= 0.3 is 0 Å². The molecule has 2 rings (SSSR count). The summed E-state index contributed by atoms with van der Waals surface area (Å²) < 4.78 is 14.1. The molecule has 0 aliphatic heterocycles. The molecule has 1 aromatic heterocycles. The molecule has 5 heteroatoms. The van der Waals surface area contributed by atoms with Gasteiger partial charge in [0.15, 0.2) is 0 Å². The second-order valence-electron chi connectivity index (χ2n) is 5.24. The molecule has 0 atom stereocenters. The van der Waals surface area contributed by atoms with E-state index in [1.165, 1.54) is 6.07 Å². The number of aryl methyl sites for hydroxylation is 1. The lowest BCUT2D eigenvalue weighted by atomic mass is 10.2. The van der Waals surface area contributed by atoms with Gasteiger partial charge in [-0.3, -0.25) is 5.10 Å². The van der Waals surface area contributed by atoms with E-state index in [4.69, 9.17) is 0 Å². The van der Waals surface area contributed by atoms with Crippen molar-refractivity contribution in [1.29, 1.82) is 0 Å². The lowest BCUT2D eigenvalue weighted by Gasteiger charge is -2.24. The summed E-state index contributed by atoms with van der Waals surface area (Å²) in [5.74, 6) is -0.213. The van der Waals surface area contributed by atoms with Crippen LogP contribution in [-0.2, 0) is 6.54 Å². The van der Waals surface area contributed by atoms with Gasteiger partial charge in [0.05, 0.1) is 11.9 Å². The van der Waals surface area contributed by atoms with Gasteiger partial charge in [0.2, 0.25) is 0 Å². The van der Waals surface area contributed by atoms with E-state index in [9.17, 15) is 4.39 Å². The normalized spacial score (nSPS) is 10.9. The minimum atomic E-state index is -0.213. The maximum atomic E-state index is 14.1. The first kappa shape index (κ1) is 14.4. The molecule has 108 valence electrons. The van der Waals surface area contributed by atoms with Crippen molar-refractivity contribution in [1.82, 2.24) is 10.2 Å². The van der Waals surface area contributed by atoms with Crippen molar-refractivity contribution in [3.05, 3.63) is 41.5 Å². The highest BCUT2D eigenvalue weighted by Gasteiger charge is 2.11. The molecule has 20 heavy (non-hydrogen) atoms. The minimum Gasteiger partial charge on any atom is -0.381 e. The smallest absolute Gasteiger partial charge is 0.148 e. The zero-order valence-corrected chi connectivity index (χ0v) is 12.4. The monoisotopic (exact) mass is 276 g/mol. The Morgan fingerprint density at radius 2 is 2.15 bits per heavy atom. The van der Waals surface area contributed by atoms with Gasteiger partial charge in [0.25, 0.3) is 0 Å². The van der Waals surface area contributed by atoms with Crippen LogP contribution in [0.1, 0.15) is 25.1 Å². The quantitative estimate of drug-likeness (QED) is 0.880. The molecular weight excluding hydrogens is 255 g/mol. The van der Waals surface area contributed by atoms with Crippen molar-refractivity contribution in [3.8, 4) is 0 Å². The van der Waals surface area contributed by atoms with Gasteiger partial charge in [-0.05, 0) is 39.0 Å². The molecule has 0 spiro atoms. The Labute approximate surface area is 119 Å². The Hall–Kier alpha value is -2.04. The Morgan fingerprint density at radius 3 is 2.70 bits per heavy atom. The summed E-state index contributed by atoms with van der Waals surface area (Å²) in [4.78, 5) is 1.92. The van der Waals surface area contributed by atoms with Crippen LogP contribution in [0.25, 0.3) is 0 Å². The highest BCUT2D eigenvalue weighted by atomic mass is 19.1. The minimum absolute atomic E-state index is 0.213. The molecule has 0 bridgehead atoms. The van der Waals surface area contributed by atoms with Crippen LogP contribution in [0.3, 0.4) is 0 Å². The average Bonchev–Trinajstić information content (AvgIpc) is 2.81. The van der Waals surface area contributed by atoms with Crippen LogP contribution in [0.4, 0.5) is 15.8 Å². The van der Waals surface area contributed by atoms with Crippen LogP contribution in [0.2, 0.25) is 0 Å². The van der Waals surface area contributed by atoms with E-state index in [0.29, 0.717) is 12.2 Å². The number of H-pyrrole nitrogens is 1. The number of nitrogens with zero attached hydrogens (tertiary/aromatic N) is 2. The molecule has 0 aliphatic carbocycles. The van der Waals surface area contributed by atoms with Crippen LogP contribution in [0.15, 0.2) is 24.4 Å². The molecule has 2 N–H and O–H groups in total. The number of aromatic nitrogens is 2. The van der Waals surface area contributed by atoms with E-state index in [-0.39, 0.29) is 11.9 Å². The predicted octanol–water partition coefficient (Wildman–Crippen LogP) is 3.31. The fraction of sp³-hybridized carbons (Fsp3) is 0.400. The first-order valence-corrected chi connectivity index (χ1v) is 6.74. The lowest BCUT2D eigenvalue weighted by molar-refractivity contribution is 0.614. The predicted molar refractivity (Wildman–Crippen MR) is 80.6 cm³/mol. The number of halogens is 1. The summed E-state index contributed by atoms with van der Waals surface area (Å²) in [6.45, 7) is 6.66. The Kier molecular flexibility index (Phi) is 4.27. The first-order valence-electron chi connectivity index (χ1n) is 6.74. The summed E-state index contributed by atoms with van der Waals surface area (Å²) >= 11 is 0.